The summed E-state index contributed by atoms with van der Waals surface area (Å²) < 4.78 is 11.7. The zero-order chi connectivity index (χ0) is 24.7. The van der Waals surface area contributed by atoms with Gasteiger partial charge in [-0.1, -0.05) is 35.3 Å². The van der Waals surface area contributed by atoms with Crippen LogP contribution in [-0.4, -0.2) is 65.8 Å². The fourth-order valence-electron chi connectivity index (χ4n) is 4.66. The molecular formula is C27H34Cl2N2O4. The smallest absolute Gasteiger partial charge is 0.222 e. The number of hydrogen-bond donors (Lipinski definition) is 1. The average Bonchev–Trinajstić information content (AvgIpc) is 3.17. The number of nitrogens with zero attached hydrogens (tertiary/aromatic N) is 2. The van der Waals surface area contributed by atoms with Crippen LogP contribution in [0.3, 0.4) is 0 Å². The van der Waals surface area contributed by atoms with Crippen LogP contribution in [0.15, 0.2) is 42.5 Å². The van der Waals surface area contributed by atoms with E-state index in [0.717, 1.165) is 57.7 Å². The Morgan fingerprint density at radius 1 is 0.914 bits per heavy atom. The van der Waals surface area contributed by atoms with Gasteiger partial charge in [-0.15, -0.1) is 0 Å². The molecule has 8 heteroatoms. The Morgan fingerprint density at radius 2 is 1.71 bits per heavy atom. The van der Waals surface area contributed by atoms with Gasteiger partial charge in [0.2, 0.25) is 5.91 Å². The number of ether oxygens (including phenoxy) is 2. The van der Waals surface area contributed by atoms with Crippen LogP contribution in [-0.2, 0) is 11.3 Å². The summed E-state index contributed by atoms with van der Waals surface area (Å²) >= 11 is 12.0. The van der Waals surface area contributed by atoms with Gasteiger partial charge in [-0.2, -0.15) is 0 Å². The molecule has 2 aliphatic heterocycles. The molecule has 0 aromatic heterocycles. The standard InChI is InChI=1S/C27H34Cl2N2O4/c28-24-10-9-23(18-25(24)29)35-20-27(33)11-2-13-30(16-12-27)19-21-5-7-22(8-6-21)34-17-3-15-31-14-1-4-26(31)32/h5-10,18,33H,1-4,11-17,19-20H2/t27-/m1/s1. The van der Waals surface area contributed by atoms with Gasteiger partial charge in [0.25, 0.3) is 0 Å². The first-order valence-corrected chi connectivity index (χ1v) is 13.2. The van der Waals surface area contributed by atoms with E-state index in [1.54, 1.807) is 18.2 Å². The lowest BCUT2D eigenvalue weighted by molar-refractivity contribution is -0.127. The number of aliphatic hydroxyl groups is 1. The fraction of sp³-hybridized carbons (Fsp3) is 0.519. The molecule has 1 atom stereocenters. The van der Waals surface area contributed by atoms with Crippen molar-refractivity contribution in [3.8, 4) is 11.5 Å². The third-order valence-electron chi connectivity index (χ3n) is 6.75. The molecule has 4 rings (SSSR count). The SMILES string of the molecule is O=C1CCCN1CCCOc1ccc(CN2CCC[C@](O)(COc3ccc(Cl)c(Cl)c3)CC2)cc1. The summed E-state index contributed by atoms with van der Waals surface area (Å²) in [6.07, 6.45) is 4.76. The van der Waals surface area contributed by atoms with Gasteiger partial charge >= 0.3 is 0 Å². The van der Waals surface area contributed by atoms with Crippen molar-refractivity contribution >= 4 is 29.1 Å². The van der Waals surface area contributed by atoms with Crippen molar-refractivity contribution in [2.24, 2.45) is 0 Å². The Hall–Kier alpha value is -1.99. The van der Waals surface area contributed by atoms with Crippen molar-refractivity contribution in [2.45, 2.75) is 50.7 Å². The van der Waals surface area contributed by atoms with Gasteiger partial charge in [0.05, 0.1) is 22.3 Å². The van der Waals surface area contributed by atoms with Gasteiger partial charge in [-0.05, 0) is 68.5 Å². The van der Waals surface area contributed by atoms with Crippen molar-refractivity contribution < 1.29 is 19.4 Å². The second-order valence-electron chi connectivity index (χ2n) is 9.55. The van der Waals surface area contributed by atoms with Gasteiger partial charge < -0.3 is 19.5 Å². The molecule has 1 amide bonds. The minimum absolute atomic E-state index is 0.233. The maximum absolute atomic E-state index is 11.7. The maximum Gasteiger partial charge on any atom is 0.222 e. The Labute approximate surface area is 217 Å². The molecule has 2 saturated heterocycles. The van der Waals surface area contributed by atoms with E-state index in [1.165, 1.54) is 5.56 Å². The van der Waals surface area contributed by atoms with Crippen molar-refractivity contribution in [3.05, 3.63) is 58.1 Å². The molecule has 0 unspecified atom stereocenters. The number of carbonyl (C=O) groups is 1. The van der Waals surface area contributed by atoms with Crippen molar-refractivity contribution in [1.29, 1.82) is 0 Å². The van der Waals surface area contributed by atoms with Gasteiger partial charge in [0.1, 0.15) is 18.1 Å². The lowest BCUT2D eigenvalue weighted by atomic mass is 9.96. The summed E-state index contributed by atoms with van der Waals surface area (Å²) in [6, 6.07) is 13.4. The first-order chi connectivity index (χ1) is 16.9. The van der Waals surface area contributed by atoms with E-state index in [2.05, 4.69) is 17.0 Å². The molecule has 6 nitrogen and oxygen atoms in total. The van der Waals surface area contributed by atoms with E-state index in [1.807, 2.05) is 17.0 Å². The number of halogens is 2. The van der Waals surface area contributed by atoms with Crippen molar-refractivity contribution in [1.82, 2.24) is 9.80 Å². The van der Waals surface area contributed by atoms with Gasteiger partial charge in [0.15, 0.2) is 0 Å². The fourth-order valence-corrected chi connectivity index (χ4v) is 4.94. The van der Waals surface area contributed by atoms with E-state index in [-0.39, 0.29) is 12.5 Å². The van der Waals surface area contributed by atoms with E-state index in [9.17, 15) is 9.90 Å². The third kappa shape index (κ3) is 7.74. The first-order valence-electron chi connectivity index (χ1n) is 12.4. The summed E-state index contributed by atoms with van der Waals surface area (Å²) in [5, 5.41) is 12.0. The highest BCUT2D eigenvalue weighted by Gasteiger charge is 2.31. The zero-order valence-electron chi connectivity index (χ0n) is 20.1. The molecule has 1 N–H and O–H groups in total. The largest absolute Gasteiger partial charge is 0.494 e. The average molecular weight is 521 g/mol. The highest BCUT2D eigenvalue weighted by Crippen LogP contribution is 2.29. The lowest BCUT2D eigenvalue weighted by Crippen LogP contribution is -2.37. The van der Waals surface area contributed by atoms with E-state index < -0.39 is 5.60 Å². The van der Waals surface area contributed by atoms with Crippen LogP contribution in [0, 0.1) is 0 Å². The predicted molar refractivity (Wildman–Crippen MR) is 138 cm³/mol. The number of likely N-dealkylation sites (tertiary alicyclic amines) is 2. The Kier molecular flexibility index (Phi) is 9.17. The number of benzene rings is 2. The summed E-state index contributed by atoms with van der Waals surface area (Å²) in [5.41, 5.74) is 0.357. The monoisotopic (exact) mass is 520 g/mol. The first kappa shape index (κ1) is 26.1. The second-order valence-corrected chi connectivity index (χ2v) is 10.4. The molecule has 2 aromatic carbocycles. The summed E-state index contributed by atoms with van der Waals surface area (Å²) in [7, 11) is 0. The molecule has 0 radical (unpaired) electrons. The molecule has 0 saturated carbocycles. The van der Waals surface area contributed by atoms with Crippen molar-refractivity contribution in [2.75, 3.05) is 39.4 Å². The van der Waals surface area contributed by atoms with E-state index in [4.69, 9.17) is 32.7 Å². The maximum atomic E-state index is 11.7. The minimum atomic E-state index is -0.863. The number of carbonyl (C=O) groups excluding carboxylic acids is 1. The molecule has 2 fully saturated rings. The topological polar surface area (TPSA) is 62.2 Å². The van der Waals surface area contributed by atoms with Crippen LogP contribution in [0.4, 0.5) is 0 Å². The molecule has 0 bridgehead atoms. The molecule has 2 aliphatic rings. The van der Waals surface area contributed by atoms with Gasteiger partial charge in [0, 0.05) is 38.7 Å². The minimum Gasteiger partial charge on any atom is -0.494 e. The summed E-state index contributed by atoms with van der Waals surface area (Å²) in [6.45, 7) is 5.07. The quantitative estimate of drug-likeness (QED) is 0.437. The lowest BCUT2D eigenvalue weighted by Gasteiger charge is -2.27. The van der Waals surface area contributed by atoms with Crippen LogP contribution in [0.5, 0.6) is 11.5 Å². The number of amides is 1. The van der Waals surface area contributed by atoms with Crippen LogP contribution in [0.1, 0.15) is 44.1 Å². The molecule has 35 heavy (non-hydrogen) atoms. The highest BCUT2D eigenvalue weighted by molar-refractivity contribution is 6.42. The van der Waals surface area contributed by atoms with Crippen LogP contribution in [0.2, 0.25) is 10.0 Å². The normalized spacial score (nSPS) is 21.2. The van der Waals surface area contributed by atoms with Crippen LogP contribution in [0.25, 0.3) is 0 Å². The number of hydrogen-bond acceptors (Lipinski definition) is 5. The number of rotatable bonds is 10. The Balaban J connectivity index is 1.19. The van der Waals surface area contributed by atoms with Gasteiger partial charge in [-0.3, -0.25) is 9.69 Å². The Morgan fingerprint density at radius 3 is 2.46 bits per heavy atom. The second kappa shape index (κ2) is 12.3. The van der Waals surface area contributed by atoms with E-state index >= 15 is 0 Å². The zero-order valence-corrected chi connectivity index (χ0v) is 21.6. The van der Waals surface area contributed by atoms with Crippen LogP contribution < -0.4 is 9.47 Å². The summed E-state index contributed by atoms with van der Waals surface area (Å²) in [4.78, 5) is 16.0. The van der Waals surface area contributed by atoms with Crippen molar-refractivity contribution in [3.63, 3.8) is 0 Å². The molecule has 2 heterocycles. The summed E-state index contributed by atoms with van der Waals surface area (Å²) in [5.74, 6) is 1.73. The third-order valence-corrected chi connectivity index (χ3v) is 7.49. The van der Waals surface area contributed by atoms with E-state index in [0.29, 0.717) is 41.7 Å². The Bertz CT molecular complexity index is 988. The predicted octanol–water partition coefficient (Wildman–Crippen LogP) is 5.18. The molecular weight excluding hydrogens is 487 g/mol. The van der Waals surface area contributed by atoms with Gasteiger partial charge in [-0.25, -0.2) is 0 Å². The molecule has 2 aromatic rings. The highest BCUT2D eigenvalue weighted by atomic mass is 35.5. The molecule has 0 spiro atoms. The van der Waals surface area contributed by atoms with Crippen LogP contribution >= 0.6 is 23.2 Å². The molecule has 0 aliphatic carbocycles. The molecule has 190 valence electrons.